The molecule has 4 aromatic rings. The lowest BCUT2D eigenvalue weighted by molar-refractivity contribution is 0.00370. The first kappa shape index (κ1) is 20.7. The van der Waals surface area contributed by atoms with E-state index in [4.69, 9.17) is 19.7 Å². The summed E-state index contributed by atoms with van der Waals surface area (Å²) in [5, 5.41) is 9.10. The zero-order valence-corrected chi connectivity index (χ0v) is 18.8. The Morgan fingerprint density at radius 3 is 2.70 bits per heavy atom. The molecule has 1 aliphatic heterocycles. The molecule has 1 aliphatic carbocycles. The van der Waals surface area contributed by atoms with Crippen LogP contribution in [0, 0.1) is 18.6 Å². The predicted molar refractivity (Wildman–Crippen MR) is 120 cm³/mol. The van der Waals surface area contributed by atoms with Crippen molar-refractivity contribution >= 4 is 21.7 Å². The number of halogens is 2. The molecule has 0 spiro atoms. The molecule has 3 aromatic heterocycles. The Balaban J connectivity index is 1.43. The Morgan fingerprint density at radius 1 is 1.03 bits per heavy atom. The maximum atomic E-state index is 14.8. The lowest BCUT2D eigenvalue weighted by Crippen LogP contribution is -2.21. The van der Waals surface area contributed by atoms with Crippen molar-refractivity contribution in [2.75, 3.05) is 6.61 Å². The van der Waals surface area contributed by atoms with E-state index in [-0.39, 0.29) is 17.6 Å². The van der Waals surface area contributed by atoms with Gasteiger partial charge in [-0.05, 0) is 50.8 Å². The van der Waals surface area contributed by atoms with Gasteiger partial charge in [-0.1, -0.05) is 0 Å². The number of rotatable bonds is 4. The molecule has 2 fully saturated rings. The van der Waals surface area contributed by atoms with Gasteiger partial charge in [0.1, 0.15) is 22.2 Å². The molecular weight excluding hydrogens is 444 g/mol. The van der Waals surface area contributed by atoms with Gasteiger partial charge in [0.05, 0.1) is 28.7 Å². The van der Waals surface area contributed by atoms with Crippen LogP contribution in [0.5, 0.6) is 0 Å². The van der Waals surface area contributed by atoms with Gasteiger partial charge in [0.25, 0.3) is 0 Å². The fourth-order valence-electron chi connectivity index (χ4n) is 4.34. The topological polar surface area (TPSA) is 73.7 Å². The molecule has 2 aliphatic rings. The number of fused-ring (bicyclic) bond motifs is 1. The quantitative estimate of drug-likeness (QED) is 0.388. The summed E-state index contributed by atoms with van der Waals surface area (Å²) in [5.74, 6) is -0.145. The Labute approximate surface area is 193 Å². The van der Waals surface area contributed by atoms with Crippen LogP contribution in [0.25, 0.3) is 21.6 Å². The van der Waals surface area contributed by atoms with Gasteiger partial charge in [0, 0.05) is 35.6 Å². The predicted octanol–water partition coefficient (Wildman–Crippen LogP) is 5.64. The van der Waals surface area contributed by atoms with Crippen LogP contribution in [-0.4, -0.2) is 31.8 Å². The van der Waals surface area contributed by atoms with Crippen LogP contribution in [-0.2, 0) is 4.74 Å². The number of hydrogen-bond acceptors (Lipinski definition) is 7. The van der Waals surface area contributed by atoms with Crippen LogP contribution in [0.3, 0.4) is 0 Å². The van der Waals surface area contributed by atoms with E-state index >= 15 is 0 Å². The summed E-state index contributed by atoms with van der Waals surface area (Å²) in [7, 11) is 0. The first-order valence-electron chi connectivity index (χ1n) is 11.1. The molecule has 1 saturated carbocycles. The van der Waals surface area contributed by atoms with E-state index in [1.54, 1.807) is 6.20 Å². The molecule has 0 radical (unpaired) electrons. The largest absolute Gasteiger partial charge is 0.373 e. The highest BCUT2D eigenvalue weighted by Crippen LogP contribution is 2.45. The molecule has 6 nitrogen and oxygen atoms in total. The minimum Gasteiger partial charge on any atom is -0.373 e. The monoisotopic (exact) mass is 465 g/mol. The maximum absolute atomic E-state index is 14.8. The molecule has 0 unspecified atom stereocenters. The molecule has 33 heavy (non-hydrogen) atoms. The van der Waals surface area contributed by atoms with E-state index in [9.17, 15) is 8.78 Å². The third-order valence-electron chi connectivity index (χ3n) is 6.22. The molecule has 0 amide bonds. The zero-order valence-electron chi connectivity index (χ0n) is 18.0. The van der Waals surface area contributed by atoms with Gasteiger partial charge in [-0.3, -0.25) is 0 Å². The fraction of sp³-hybridized carbons (Fsp3) is 0.375. The van der Waals surface area contributed by atoms with E-state index < -0.39 is 11.6 Å². The van der Waals surface area contributed by atoms with Crippen molar-refractivity contribution in [1.29, 1.82) is 0 Å². The highest BCUT2D eigenvalue weighted by molar-refractivity contribution is 7.19. The molecule has 0 N–H and O–H groups in total. The summed E-state index contributed by atoms with van der Waals surface area (Å²) >= 11 is 1.52. The van der Waals surface area contributed by atoms with Crippen LogP contribution in [0.4, 0.5) is 8.78 Å². The second kappa shape index (κ2) is 8.14. The van der Waals surface area contributed by atoms with Gasteiger partial charge in [-0.2, -0.15) is 10.2 Å². The van der Waals surface area contributed by atoms with Gasteiger partial charge < -0.3 is 4.74 Å². The highest BCUT2D eigenvalue weighted by atomic mass is 32.1. The fourth-order valence-corrected chi connectivity index (χ4v) is 5.52. The van der Waals surface area contributed by atoms with Crippen molar-refractivity contribution < 1.29 is 13.5 Å². The second-order valence-electron chi connectivity index (χ2n) is 8.74. The third-order valence-corrected chi connectivity index (χ3v) is 7.43. The summed E-state index contributed by atoms with van der Waals surface area (Å²) < 4.78 is 35.1. The molecular formula is C24H21F2N5OS. The molecule has 2 atom stereocenters. The number of thiazole rings is 1. The van der Waals surface area contributed by atoms with Crippen molar-refractivity contribution in [2.45, 2.75) is 50.5 Å². The number of benzene rings is 1. The van der Waals surface area contributed by atoms with E-state index in [1.165, 1.54) is 23.5 Å². The van der Waals surface area contributed by atoms with Gasteiger partial charge in [0.15, 0.2) is 5.65 Å². The normalized spacial score (nSPS) is 20.9. The highest BCUT2D eigenvalue weighted by Gasteiger charge is 2.31. The maximum Gasteiger partial charge on any atom is 0.174 e. The number of aryl methyl sites for hydroxylation is 1. The molecule has 6 rings (SSSR count). The average Bonchev–Trinajstić information content (AvgIpc) is 3.57. The van der Waals surface area contributed by atoms with Crippen LogP contribution in [0.15, 0.2) is 30.5 Å². The van der Waals surface area contributed by atoms with Crippen molar-refractivity contribution in [3.05, 3.63) is 64.2 Å². The van der Waals surface area contributed by atoms with E-state index in [0.717, 1.165) is 46.3 Å². The zero-order chi connectivity index (χ0) is 22.5. The summed E-state index contributed by atoms with van der Waals surface area (Å²) in [6.45, 7) is 2.46. The number of aromatic nitrogens is 5. The molecule has 4 heterocycles. The Hall–Kier alpha value is -2.91. The van der Waals surface area contributed by atoms with Crippen molar-refractivity contribution in [1.82, 2.24) is 25.1 Å². The Morgan fingerprint density at radius 2 is 1.91 bits per heavy atom. The smallest absolute Gasteiger partial charge is 0.174 e. The average molecular weight is 466 g/mol. The summed E-state index contributed by atoms with van der Waals surface area (Å²) in [6, 6.07) is 5.59. The van der Waals surface area contributed by atoms with Crippen molar-refractivity contribution in [2.24, 2.45) is 0 Å². The van der Waals surface area contributed by atoms with Crippen LogP contribution in [0.2, 0.25) is 0 Å². The summed E-state index contributed by atoms with van der Waals surface area (Å²) in [6.07, 6.45) is 5.25. The summed E-state index contributed by atoms with van der Waals surface area (Å²) in [4.78, 5) is 14.4. The lowest BCUT2D eigenvalue weighted by atomic mass is 9.91. The Bertz CT molecular complexity index is 1360. The lowest BCUT2D eigenvalue weighted by Gasteiger charge is -2.29. The molecule has 1 saturated heterocycles. The Kier molecular flexibility index (Phi) is 5.10. The van der Waals surface area contributed by atoms with Gasteiger partial charge >= 0.3 is 0 Å². The van der Waals surface area contributed by atoms with Crippen molar-refractivity contribution in [3.63, 3.8) is 0 Å². The van der Waals surface area contributed by atoms with Gasteiger partial charge in [0.2, 0.25) is 0 Å². The molecule has 0 bridgehead atoms. The first-order valence-corrected chi connectivity index (χ1v) is 11.9. The van der Waals surface area contributed by atoms with Gasteiger partial charge in [-0.25, -0.2) is 23.7 Å². The molecule has 1 aromatic carbocycles. The molecule has 168 valence electrons. The number of ether oxygens (including phenoxy) is 1. The first-order chi connectivity index (χ1) is 16.0. The van der Waals surface area contributed by atoms with E-state index in [2.05, 4.69) is 10.2 Å². The minimum atomic E-state index is -0.634. The van der Waals surface area contributed by atoms with Crippen LogP contribution in [0.1, 0.15) is 65.7 Å². The van der Waals surface area contributed by atoms with Crippen LogP contribution >= 0.6 is 11.3 Å². The van der Waals surface area contributed by atoms with Gasteiger partial charge in [-0.15, -0.1) is 11.3 Å². The minimum absolute atomic E-state index is 0.0231. The number of nitrogens with zero attached hydrogens (tertiary/aromatic N) is 5. The summed E-state index contributed by atoms with van der Waals surface area (Å²) in [5.41, 5.74) is 3.16. The van der Waals surface area contributed by atoms with E-state index in [1.807, 2.05) is 13.0 Å². The van der Waals surface area contributed by atoms with Crippen molar-refractivity contribution in [3.8, 4) is 11.3 Å². The third kappa shape index (κ3) is 4.00. The number of hydrogen-bond donors (Lipinski definition) is 0. The van der Waals surface area contributed by atoms with Crippen LogP contribution < -0.4 is 0 Å². The molecule has 9 heteroatoms. The standard InChI is InChI=1S/C24H21F2N5OS/c1-12-8-15(11-27-31-12)19-9-14(6-7-32-19)22-28-20(17-5-4-16(25)10-18(17)26)21-23(29-22)30-24(33-21)13-2-3-13/h4-5,8,10-11,13-14,19H,2-3,6-7,9H2,1H3/t14-,19+/m0/s1. The second-order valence-corrected chi connectivity index (χ2v) is 9.78. The SMILES string of the molecule is Cc1cc([C@H]2C[C@@H](c3nc(-c4ccc(F)cc4F)c4sc(C5CC5)nc4n3)CCO2)cnn1. The van der Waals surface area contributed by atoms with E-state index in [0.29, 0.717) is 36.1 Å².